The number of furan rings is 1. The largest absolute Gasteiger partial charge is 0.505 e. The summed E-state index contributed by atoms with van der Waals surface area (Å²) in [6.07, 6.45) is 0.853. The SMILES string of the molecule is CC.COC1C(=O)C(Nc2cccc(C(=O)N(C)C)c2O)=C1NCc1ccco1. The van der Waals surface area contributed by atoms with Gasteiger partial charge in [-0.15, -0.1) is 0 Å². The van der Waals surface area contributed by atoms with Gasteiger partial charge in [-0.2, -0.15) is 0 Å². The van der Waals surface area contributed by atoms with Crippen molar-refractivity contribution in [2.75, 3.05) is 26.5 Å². The van der Waals surface area contributed by atoms with Gasteiger partial charge >= 0.3 is 0 Å². The van der Waals surface area contributed by atoms with E-state index in [0.717, 1.165) is 0 Å². The second-order valence-corrected chi connectivity index (χ2v) is 6.23. The number of carbonyl (C=O) groups is 2. The number of phenols is 1. The Hall–Kier alpha value is -3.26. The minimum Gasteiger partial charge on any atom is -0.505 e. The second kappa shape index (κ2) is 9.79. The Morgan fingerprint density at radius 1 is 1.24 bits per heavy atom. The highest BCUT2D eigenvalue weighted by atomic mass is 16.5. The standard InChI is InChI=1S/C19H21N3O5.C2H6/c1-22(2)19(25)12-7-4-8-13(16(12)23)21-14-15(18(26-3)17(14)24)20-10-11-6-5-9-27-11;1-2/h4-9,18,20-21,23H,10H2,1-3H3;1-2H3. The number of ether oxygens (including phenoxy) is 1. The van der Waals surface area contributed by atoms with Crippen LogP contribution in [0.5, 0.6) is 5.75 Å². The molecule has 1 amide bonds. The van der Waals surface area contributed by atoms with Gasteiger partial charge in [-0.1, -0.05) is 19.9 Å². The van der Waals surface area contributed by atoms with Crippen LogP contribution in [0.15, 0.2) is 52.4 Å². The number of phenolic OH excluding ortho intramolecular Hbond substituents is 1. The number of nitrogens with zero attached hydrogens (tertiary/aromatic N) is 1. The lowest BCUT2D eigenvalue weighted by Gasteiger charge is -2.32. The summed E-state index contributed by atoms with van der Waals surface area (Å²) in [5.74, 6) is -0.0978. The predicted octanol–water partition coefficient (Wildman–Crippen LogP) is 2.72. The average molecular weight is 401 g/mol. The van der Waals surface area contributed by atoms with Crippen molar-refractivity contribution in [3.05, 3.63) is 59.3 Å². The molecule has 3 N–H and O–H groups in total. The van der Waals surface area contributed by atoms with Crippen LogP contribution in [0.1, 0.15) is 30.0 Å². The van der Waals surface area contributed by atoms with Gasteiger partial charge < -0.3 is 29.8 Å². The molecule has 2 aromatic rings. The number of methoxy groups -OCH3 is 1. The number of hydrogen-bond donors (Lipinski definition) is 3. The van der Waals surface area contributed by atoms with E-state index in [1.807, 2.05) is 19.9 Å². The molecule has 0 saturated carbocycles. The fourth-order valence-corrected chi connectivity index (χ4v) is 2.77. The summed E-state index contributed by atoms with van der Waals surface area (Å²) in [6.45, 7) is 4.38. The zero-order valence-corrected chi connectivity index (χ0v) is 17.3. The van der Waals surface area contributed by atoms with E-state index in [2.05, 4.69) is 10.6 Å². The highest BCUT2D eigenvalue weighted by molar-refractivity contribution is 6.11. The summed E-state index contributed by atoms with van der Waals surface area (Å²) in [7, 11) is 4.64. The molecule has 1 aromatic carbocycles. The molecule has 1 heterocycles. The predicted molar refractivity (Wildman–Crippen MR) is 109 cm³/mol. The van der Waals surface area contributed by atoms with E-state index in [1.54, 1.807) is 38.6 Å². The zero-order valence-electron chi connectivity index (χ0n) is 17.3. The van der Waals surface area contributed by atoms with Crippen molar-refractivity contribution in [2.45, 2.75) is 26.5 Å². The Bertz CT molecular complexity index is 888. The number of nitrogens with one attached hydrogen (secondary N) is 2. The first kappa shape index (κ1) is 22.0. The summed E-state index contributed by atoms with van der Waals surface area (Å²) in [5.41, 5.74) is 1.24. The molecular weight excluding hydrogens is 374 g/mol. The molecule has 3 rings (SSSR count). The summed E-state index contributed by atoms with van der Waals surface area (Å²) < 4.78 is 10.5. The highest BCUT2D eigenvalue weighted by Gasteiger charge is 2.40. The third-order valence-corrected chi connectivity index (χ3v) is 4.22. The van der Waals surface area contributed by atoms with Crippen LogP contribution in [0, 0.1) is 0 Å². The Kier molecular flexibility index (Phi) is 7.44. The Morgan fingerprint density at radius 3 is 2.55 bits per heavy atom. The summed E-state index contributed by atoms with van der Waals surface area (Å²) >= 11 is 0. The number of carbonyl (C=O) groups excluding carboxylic acids is 2. The van der Waals surface area contributed by atoms with Gasteiger partial charge in [0.1, 0.15) is 11.5 Å². The van der Waals surface area contributed by atoms with Crippen LogP contribution >= 0.6 is 0 Å². The first-order valence-electron chi connectivity index (χ1n) is 9.32. The van der Waals surface area contributed by atoms with Crippen molar-refractivity contribution < 1.29 is 23.8 Å². The Morgan fingerprint density at radius 2 is 1.97 bits per heavy atom. The Balaban J connectivity index is 0.00000145. The lowest BCUT2D eigenvalue weighted by molar-refractivity contribution is -0.126. The molecule has 29 heavy (non-hydrogen) atoms. The van der Waals surface area contributed by atoms with Crippen LogP contribution < -0.4 is 10.6 Å². The third-order valence-electron chi connectivity index (χ3n) is 4.22. The third kappa shape index (κ3) is 4.60. The molecule has 8 nitrogen and oxygen atoms in total. The number of para-hydroxylation sites is 1. The highest BCUT2D eigenvalue weighted by Crippen LogP contribution is 2.33. The molecule has 1 atom stereocenters. The van der Waals surface area contributed by atoms with Gasteiger partial charge in [0.05, 0.1) is 29.8 Å². The number of anilines is 1. The summed E-state index contributed by atoms with van der Waals surface area (Å²) in [4.78, 5) is 25.9. The molecule has 1 unspecified atom stereocenters. The molecule has 0 spiro atoms. The number of aromatic hydroxyl groups is 1. The molecule has 1 aromatic heterocycles. The Labute approximate surface area is 170 Å². The second-order valence-electron chi connectivity index (χ2n) is 6.23. The number of ketones is 1. The summed E-state index contributed by atoms with van der Waals surface area (Å²) in [6, 6.07) is 8.33. The monoisotopic (exact) mass is 401 g/mol. The normalized spacial score (nSPS) is 15.2. The average Bonchev–Trinajstić information content (AvgIpc) is 3.24. The molecular formula is C21H27N3O5. The quantitative estimate of drug-likeness (QED) is 0.613. The van der Waals surface area contributed by atoms with Crippen LogP contribution in [0.3, 0.4) is 0 Å². The van der Waals surface area contributed by atoms with Gasteiger partial charge in [0, 0.05) is 21.2 Å². The van der Waals surface area contributed by atoms with Crippen molar-refractivity contribution in [3.63, 3.8) is 0 Å². The first-order valence-corrected chi connectivity index (χ1v) is 9.32. The van der Waals surface area contributed by atoms with E-state index in [1.165, 1.54) is 18.1 Å². The molecule has 156 valence electrons. The molecule has 0 bridgehead atoms. The fourth-order valence-electron chi connectivity index (χ4n) is 2.77. The van der Waals surface area contributed by atoms with Crippen molar-refractivity contribution in [1.82, 2.24) is 10.2 Å². The first-order chi connectivity index (χ1) is 13.9. The molecule has 1 aliphatic carbocycles. The van der Waals surface area contributed by atoms with Crippen LogP contribution in [0.2, 0.25) is 0 Å². The van der Waals surface area contributed by atoms with Crippen molar-refractivity contribution in [1.29, 1.82) is 0 Å². The number of hydrogen-bond acceptors (Lipinski definition) is 7. The number of benzene rings is 1. The van der Waals surface area contributed by atoms with Crippen molar-refractivity contribution in [3.8, 4) is 5.75 Å². The maximum atomic E-state index is 12.3. The molecule has 8 heteroatoms. The van der Waals surface area contributed by atoms with Gasteiger partial charge in [-0.3, -0.25) is 9.59 Å². The van der Waals surface area contributed by atoms with Gasteiger partial charge in [-0.05, 0) is 24.3 Å². The zero-order chi connectivity index (χ0) is 21.6. The van der Waals surface area contributed by atoms with E-state index in [0.29, 0.717) is 18.0 Å². The van der Waals surface area contributed by atoms with Gasteiger partial charge in [0.2, 0.25) is 5.78 Å². The lowest BCUT2D eigenvalue weighted by atomic mass is 9.94. The van der Waals surface area contributed by atoms with E-state index in [4.69, 9.17) is 9.15 Å². The minimum absolute atomic E-state index is 0.144. The smallest absolute Gasteiger partial charge is 0.257 e. The van der Waals surface area contributed by atoms with Crippen LogP contribution in [0.25, 0.3) is 0 Å². The van der Waals surface area contributed by atoms with Crippen LogP contribution in [-0.2, 0) is 16.1 Å². The minimum atomic E-state index is -0.712. The van der Waals surface area contributed by atoms with Gasteiger partial charge in [-0.25, -0.2) is 0 Å². The molecule has 1 aliphatic rings. The van der Waals surface area contributed by atoms with Crippen molar-refractivity contribution in [2.24, 2.45) is 0 Å². The van der Waals surface area contributed by atoms with E-state index in [-0.39, 0.29) is 34.4 Å². The maximum absolute atomic E-state index is 12.3. The van der Waals surface area contributed by atoms with Crippen molar-refractivity contribution >= 4 is 17.4 Å². The van der Waals surface area contributed by atoms with Gasteiger partial charge in [0.25, 0.3) is 5.91 Å². The lowest BCUT2D eigenvalue weighted by Crippen LogP contribution is -2.46. The number of Topliss-reactive ketones (excluding diaryl/α,β-unsaturated/α-hetero) is 1. The molecule has 0 aliphatic heterocycles. The molecule has 0 radical (unpaired) electrons. The summed E-state index contributed by atoms with van der Waals surface area (Å²) in [5, 5.41) is 16.5. The van der Waals surface area contributed by atoms with E-state index < -0.39 is 6.10 Å². The number of rotatable bonds is 7. The maximum Gasteiger partial charge on any atom is 0.257 e. The van der Waals surface area contributed by atoms with Crippen LogP contribution in [0.4, 0.5) is 5.69 Å². The van der Waals surface area contributed by atoms with Crippen LogP contribution in [-0.4, -0.2) is 49.0 Å². The topological polar surface area (TPSA) is 104 Å². The van der Waals surface area contributed by atoms with E-state index in [9.17, 15) is 14.7 Å². The fraction of sp³-hybridized carbons (Fsp3) is 0.333. The molecule has 0 fully saturated rings. The van der Waals surface area contributed by atoms with E-state index >= 15 is 0 Å². The van der Waals surface area contributed by atoms with Gasteiger partial charge in [0.15, 0.2) is 11.9 Å². The molecule has 0 saturated heterocycles. The number of amides is 1.